The molecule has 1 rings (SSSR count). The van der Waals surface area contributed by atoms with Crippen molar-refractivity contribution < 1.29 is 48.6 Å². The quantitative estimate of drug-likeness (QED) is 0.528. The van der Waals surface area contributed by atoms with E-state index in [0.717, 1.165) is 0 Å². The first kappa shape index (κ1) is 36.0. The summed E-state index contributed by atoms with van der Waals surface area (Å²) in [7, 11) is 0. The molecule has 0 unspecified atom stereocenters. The molecule has 1 aliphatic carbocycles. The molecule has 0 amide bonds. The van der Waals surface area contributed by atoms with Gasteiger partial charge in [-0.05, 0) is 0 Å². The monoisotopic (exact) mass is 331 g/mol. The van der Waals surface area contributed by atoms with E-state index in [-0.39, 0.29) is 0 Å². The molecule has 12 radical (unpaired) electrons. The van der Waals surface area contributed by atoms with Gasteiger partial charge in [-0.25, -0.2) is 0 Å². The molecule has 0 atom stereocenters. The fraction of sp³-hybridized carbons (Fsp3) is 0.0909. The van der Waals surface area contributed by atoms with Crippen molar-refractivity contribution in [1.82, 2.24) is 0 Å². The third kappa shape index (κ3) is 91.7. The van der Waals surface area contributed by atoms with Crippen LogP contribution in [0.15, 0.2) is 22.2 Å². The van der Waals surface area contributed by atoms with Crippen molar-refractivity contribution in [2.75, 3.05) is 0 Å². The topological polar surface area (TPSA) is 102 Å². The van der Waals surface area contributed by atoms with Crippen LogP contribution in [0.2, 0.25) is 0 Å². The molecule has 91 valence electrons. The number of rotatable bonds is 0. The first-order valence-electron chi connectivity index (χ1n) is 3.15. The Hall–Kier alpha value is -1.81. The Morgan fingerprint density at radius 1 is 0.722 bits per heavy atom. The Morgan fingerprint density at radius 2 is 1.00 bits per heavy atom. The molecule has 1 aliphatic rings. The van der Waals surface area contributed by atoms with Gasteiger partial charge < -0.3 is 0 Å². The zero-order valence-electron chi connectivity index (χ0n) is 8.80. The van der Waals surface area contributed by atoms with E-state index in [2.05, 4.69) is 78.8 Å². The van der Waals surface area contributed by atoms with Crippen molar-refractivity contribution in [2.45, 2.75) is 6.42 Å². The van der Waals surface area contributed by atoms with Crippen LogP contribution in [0.5, 0.6) is 0 Å². The van der Waals surface area contributed by atoms with E-state index >= 15 is 0 Å². The molecule has 0 aromatic carbocycles. The third-order valence-electron chi connectivity index (χ3n) is 0.737. The van der Waals surface area contributed by atoms with Gasteiger partial charge in [0.25, 0.3) is 40.7 Å². The van der Waals surface area contributed by atoms with Crippen LogP contribution in [0.4, 0.5) is 0 Å². The summed E-state index contributed by atoms with van der Waals surface area (Å²) >= 11 is 2.07. The average molecular weight is 329 g/mol. The Labute approximate surface area is 118 Å². The maximum atomic E-state index is 7.50. The summed E-state index contributed by atoms with van der Waals surface area (Å²) < 4.78 is 1.48. The minimum absolute atomic E-state index is 1.17. The molecule has 0 fully saturated rings. The Morgan fingerprint density at radius 3 is 1.06 bits per heavy atom. The van der Waals surface area contributed by atoms with E-state index in [0.29, 0.717) is 0 Å². The molecule has 0 spiro atoms. The minimum atomic E-state index is 1.17. The van der Waals surface area contributed by atoms with Crippen molar-refractivity contribution in [3.8, 4) is 0 Å². The van der Waals surface area contributed by atoms with Gasteiger partial charge in [0.2, 0.25) is 0 Å². The Kier molecular flexibility index (Phi) is 227. The summed E-state index contributed by atoms with van der Waals surface area (Å²) in [5, 5.41) is 0. The molecule has 0 heterocycles. The van der Waals surface area contributed by atoms with E-state index < -0.39 is 0 Å². The summed E-state index contributed by atoms with van der Waals surface area (Å²) in [6.07, 6.45) is 7.57. The van der Waals surface area contributed by atoms with Crippen molar-refractivity contribution in [2.24, 2.45) is 0 Å². The van der Waals surface area contributed by atoms with Gasteiger partial charge in [0.05, 0.1) is 0 Å². The molecule has 0 bridgehead atoms. The number of hydrogen-bond acceptors (Lipinski definition) is 6. The molecular weight excluding hydrogens is 324 g/mol. The molecular formula is C11H5MoO6. The first-order valence-corrected chi connectivity index (χ1v) is 4.15. The molecule has 6 nitrogen and oxygen atoms in total. The fourth-order valence-corrected chi connectivity index (χ4v) is 0.857. The molecule has 0 N–H and O–H groups in total. The summed E-state index contributed by atoms with van der Waals surface area (Å²) in [6, 6.07) is 0. The first-order chi connectivity index (χ1) is 8.89. The van der Waals surface area contributed by atoms with E-state index in [9.17, 15) is 0 Å². The van der Waals surface area contributed by atoms with Crippen LogP contribution < -0.4 is 0 Å². The Bertz CT molecular complexity index is 169. The normalized spacial score (nSPS) is 7.44. The molecule has 0 aromatic rings. The van der Waals surface area contributed by atoms with Gasteiger partial charge in [-0.3, -0.25) is 28.8 Å². The van der Waals surface area contributed by atoms with Gasteiger partial charge in [-0.2, -0.15) is 0 Å². The standard InChI is InChI=1S/C5H5.6CO.Mo/c1-2-4-5-3-1;6*1-2;/h1-3H,4H2;;;;;;;. The van der Waals surface area contributed by atoms with E-state index in [1.165, 1.54) is 10.4 Å². The van der Waals surface area contributed by atoms with Gasteiger partial charge in [0, 0.05) is 0 Å². The van der Waals surface area contributed by atoms with E-state index in [1.807, 2.05) is 0 Å². The van der Waals surface area contributed by atoms with Gasteiger partial charge in [-0.15, -0.1) is 0 Å². The maximum absolute atomic E-state index is 7.50. The number of hydrogen-bond donors (Lipinski definition) is 0. The SMILES string of the molecule is [C]=O.[C]=O.[C]=O.[C]=O.[C]=O.[C]=O.[Mo][C]1=CC=CC1. The van der Waals surface area contributed by atoms with Crippen LogP contribution >= 0.6 is 0 Å². The Balaban J connectivity index is -0.0000000262. The van der Waals surface area contributed by atoms with Crippen LogP contribution in [0.25, 0.3) is 0 Å². The van der Waals surface area contributed by atoms with Crippen molar-refractivity contribution in [3.63, 3.8) is 0 Å². The van der Waals surface area contributed by atoms with E-state index in [1.54, 1.807) is 0 Å². The molecule has 7 heteroatoms. The third-order valence-corrected chi connectivity index (χ3v) is 1.48. The van der Waals surface area contributed by atoms with Crippen LogP contribution in [0, 0.1) is 0 Å². The average Bonchev–Trinajstić information content (AvgIpc) is 3.02. The predicted octanol–water partition coefficient (Wildman–Crippen LogP) is -1.01. The zero-order chi connectivity index (χ0) is 16.4. The second-order valence-electron chi connectivity index (χ2n) is 1.27. The van der Waals surface area contributed by atoms with Crippen molar-refractivity contribution >= 4 is 40.7 Å². The summed E-state index contributed by atoms with van der Waals surface area (Å²) in [6.45, 7) is 27.0. The summed E-state index contributed by atoms with van der Waals surface area (Å²) in [5.41, 5.74) is 0. The van der Waals surface area contributed by atoms with E-state index in [4.69, 9.17) is 28.8 Å². The van der Waals surface area contributed by atoms with Gasteiger partial charge >= 0.3 is 48.4 Å². The van der Waals surface area contributed by atoms with Crippen molar-refractivity contribution in [3.05, 3.63) is 22.2 Å². The molecule has 0 saturated carbocycles. The molecule has 0 saturated heterocycles. The fourth-order valence-electron chi connectivity index (χ4n) is 0.428. The molecule has 0 aromatic heterocycles. The second-order valence-corrected chi connectivity index (χ2v) is 2.55. The van der Waals surface area contributed by atoms with Crippen LogP contribution in [-0.2, 0) is 48.6 Å². The zero-order valence-corrected chi connectivity index (χ0v) is 10.8. The summed E-state index contributed by atoms with van der Waals surface area (Å²) in [5.74, 6) is 0. The van der Waals surface area contributed by atoms with Gasteiger partial charge in [-0.1, -0.05) is 0 Å². The number of allylic oxidation sites excluding steroid dienone is 4. The van der Waals surface area contributed by atoms with Crippen LogP contribution in [0.3, 0.4) is 0 Å². The van der Waals surface area contributed by atoms with Gasteiger partial charge in [0.15, 0.2) is 0 Å². The van der Waals surface area contributed by atoms with Crippen LogP contribution in [-0.4, -0.2) is 40.7 Å². The van der Waals surface area contributed by atoms with Gasteiger partial charge in [0.1, 0.15) is 0 Å². The number of carbonyl (C=O) groups excluding carboxylic acids is 6. The molecule has 18 heavy (non-hydrogen) atoms. The molecule has 0 aliphatic heterocycles. The van der Waals surface area contributed by atoms with Crippen molar-refractivity contribution in [1.29, 1.82) is 0 Å². The second kappa shape index (κ2) is 114. The summed E-state index contributed by atoms with van der Waals surface area (Å²) in [4.78, 5) is 45.0. The predicted molar refractivity (Wildman–Crippen MR) is 56.0 cm³/mol. The van der Waals surface area contributed by atoms with Crippen LogP contribution in [0.1, 0.15) is 6.42 Å².